The molecule has 71 heavy (non-hydrogen) atoms. The first-order chi connectivity index (χ1) is 34.5. The lowest BCUT2D eigenvalue weighted by atomic mass is 10.1. The van der Waals surface area contributed by atoms with E-state index in [2.05, 4.69) is 97.4 Å². The largest absolute Gasteiger partial charge is 0.392 e. The van der Waals surface area contributed by atoms with E-state index in [1.807, 2.05) is 48.0 Å². The van der Waals surface area contributed by atoms with E-state index in [-0.39, 0.29) is 11.9 Å². The number of ether oxygens (including phenoxy) is 2. The Kier molecular flexibility index (Phi) is 19.3. The van der Waals surface area contributed by atoms with Gasteiger partial charge in [0.25, 0.3) is 0 Å². The molecular formula is C51H69ClN14O5. The number of imidazole rings is 2. The number of nitrogens with zero attached hydrogens (tertiary/aromatic N) is 12. The van der Waals surface area contributed by atoms with E-state index in [0.717, 1.165) is 140 Å². The first kappa shape index (κ1) is 52.8. The van der Waals surface area contributed by atoms with Gasteiger partial charge in [-0.25, -0.2) is 19.9 Å². The lowest BCUT2D eigenvalue weighted by Crippen LogP contribution is -2.37. The number of allylic oxidation sites excluding steroid dienone is 2. The molecule has 6 aromatic rings. The maximum Gasteiger partial charge on any atom is 0.226 e. The highest BCUT2D eigenvalue weighted by Crippen LogP contribution is 2.31. The fraction of sp³-hybridized carbons (Fsp3) is 0.451. The number of halogens is 1. The Morgan fingerprint density at radius 2 is 1.32 bits per heavy atom. The van der Waals surface area contributed by atoms with Crippen molar-refractivity contribution in [2.45, 2.75) is 78.9 Å². The normalized spacial score (nSPS) is 14.2. The standard InChI is InChI=1S/C27H39N7O3.C24H30ClN7O2/c1-4-34-23(18-32(3)12-7-5-6-9-20(2)31-36)28-24-26(33-13-15-37-16-14-33)29-25(30-27(24)34)22-11-8-10-21(17-22)19-35;1-4-32-20(16-30(3)15-19-9-7-18(8-10-19)6-5-17(2)29-33)26-21-22(27-24(25)28-23(21)32)31-11-13-34-14-12-31/h8,10-11,17,31,35-36H,2,4-7,9,12-16,18-19H2,1,3H3;5-10,29,33H,2,4,11-16H2,1,3H3/b;6-5+. The third-order valence-corrected chi connectivity index (χ3v) is 12.6. The number of hydrogen-bond donors (Lipinski definition) is 5. The number of rotatable bonds is 22. The second kappa shape index (κ2) is 25.9. The number of benzene rings is 2. The zero-order chi connectivity index (χ0) is 50.3. The first-order valence-corrected chi connectivity index (χ1v) is 24.8. The van der Waals surface area contributed by atoms with Gasteiger partial charge in [-0.1, -0.05) is 68.1 Å². The van der Waals surface area contributed by atoms with Crippen LogP contribution in [0.1, 0.15) is 67.9 Å². The van der Waals surface area contributed by atoms with Crippen LogP contribution in [-0.4, -0.2) is 138 Å². The number of aliphatic hydroxyl groups is 1. The molecule has 0 amide bonds. The van der Waals surface area contributed by atoms with Crippen molar-refractivity contribution < 1.29 is 25.0 Å². The fourth-order valence-electron chi connectivity index (χ4n) is 8.72. The SMILES string of the molecule is C=C(/C=C/c1ccc(CN(C)Cc2nc3c(N4CCOCC4)nc(Cl)nc3n2CC)cc1)NO.C=C(CCCCCN(C)Cc1nc2c(N3CCOCC3)nc(-c3cccc(CO)c3)nc2n1CC)NO. The van der Waals surface area contributed by atoms with Crippen molar-refractivity contribution in [2.24, 2.45) is 0 Å². The maximum atomic E-state index is 9.64. The van der Waals surface area contributed by atoms with Gasteiger partial charge in [0.15, 0.2) is 39.8 Å². The molecule has 2 aromatic carbocycles. The number of hydroxylamine groups is 2. The monoisotopic (exact) mass is 993 g/mol. The molecule has 2 saturated heterocycles. The van der Waals surface area contributed by atoms with E-state index >= 15 is 0 Å². The summed E-state index contributed by atoms with van der Waals surface area (Å²) in [6.45, 7) is 21.9. The molecule has 4 aromatic heterocycles. The number of hydrogen-bond acceptors (Lipinski definition) is 17. The van der Waals surface area contributed by atoms with Crippen molar-refractivity contribution in [3.05, 3.63) is 113 Å². The molecule has 0 bridgehead atoms. The highest BCUT2D eigenvalue weighted by atomic mass is 35.5. The van der Waals surface area contributed by atoms with Crippen LogP contribution in [0.25, 0.3) is 39.8 Å². The Bertz CT molecular complexity index is 2730. The predicted octanol–water partition coefficient (Wildman–Crippen LogP) is 6.80. The zero-order valence-electron chi connectivity index (χ0n) is 41.5. The van der Waals surface area contributed by atoms with Gasteiger partial charge in [0, 0.05) is 57.1 Å². The number of morpholine rings is 2. The molecule has 0 spiro atoms. The van der Waals surface area contributed by atoms with Crippen molar-refractivity contribution in [1.82, 2.24) is 59.8 Å². The number of anilines is 2. The number of aryl methyl sites for hydroxylation is 2. The Morgan fingerprint density at radius 1 is 0.718 bits per heavy atom. The maximum absolute atomic E-state index is 9.64. The zero-order valence-corrected chi connectivity index (χ0v) is 42.3. The first-order valence-electron chi connectivity index (χ1n) is 24.4. The van der Waals surface area contributed by atoms with Crippen LogP contribution in [0.2, 0.25) is 5.28 Å². The summed E-state index contributed by atoms with van der Waals surface area (Å²) in [5.41, 5.74) is 12.4. The fourth-order valence-corrected chi connectivity index (χ4v) is 8.88. The van der Waals surface area contributed by atoms with Gasteiger partial charge in [-0.3, -0.25) is 31.2 Å². The van der Waals surface area contributed by atoms with Gasteiger partial charge in [0.2, 0.25) is 5.28 Å². The molecule has 2 aliphatic heterocycles. The highest BCUT2D eigenvalue weighted by Gasteiger charge is 2.25. The molecular weight excluding hydrogens is 924 g/mol. The average Bonchev–Trinajstić information content (AvgIpc) is 3.93. The van der Waals surface area contributed by atoms with E-state index in [1.165, 1.54) is 5.56 Å². The second-order valence-electron chi connectivity index (χ2n) is 17.8. The number of nitrogens with one attached hydrogen (secondary N) is 2. The summed E-state index contributed by atoms with van der Waals surface area (Å²) in [6, 6.07) is 16.0. The molecule has 6 heterocycles. The van der Waals surface area contributed by atoms with Crippen LogP contribution in [0.3, 0.4) is 0 Å². The molecule has 0 atom stereocenters. The Balaban J connectivity index is 0.000000209. The predicted molar refractivity (Wildman–Crippen MR) is 278 cm³/mol. The van der Waals surface area contributed by atoms with Gasteiger partial charge in [-0.2, -0.15) is 9.97 Å². The van der Waals surface area contributed by atoms with Crippen LogP contribution < -0.4 is 20.8 Å². The Labute approximate surface area is 421 Å². The van der Waals surface area contributed by atoms with Gasteiger partial charge in [-0.15, -0.1) is 0 Å². The van der Waals surface area contributed by atoms with Crippen molar-refractivity contribution >= 4 is 51.6 Å². The lowest BCUT2D eigenvalue weighted by molar-refractivity contribution is 0.122. The molecule has 0 saturated carbocycles. The summed E-state index contributed by atoms with van der Waals surface area (Å²) in [5, 5.41) is 27.6. The molecule has 5 N–H and O–H groups in total. The Hall–Kier alpha value is -6.03. The lowest BCUT2D eigenvalue weighted by Gasteiger charge is -2.28. The van der Waals surface area contributed by atoms with E-state index in [0.29, 0.717) is 56.7 Å². The van der Waals surface area contributed by atoms with Gasteiger partial charge >= 0.3 is 0 Å². The van der Waals surface area contributed by atoms with Gasteiger partial charge in [-0.05, 0) is 94.2 Å². The average molecular weight is 994 g/mol. The Morgan fingerprint density at radius 3 is 1.92 bits per heavy atom. The van der Waals surface area contributed by atoms with E-state index < -0.39 is 0 Å². The minimum Gasteiger partial charge on any atom is -0.392 e. The molecule has 2 fully saturated rings. The van der Waals surface area contributed by atoms with Crippen molar-refractivity contribution in [3.63, 3.8) is 0 Å². The number of fused-ring (bicyclic) bond motifs is 2. The molecule has 20 heteroatoms. The third-order valence-electron chi connectivity index (χ3n) is 12.5. The van der Waals surface area contributed by atoms with Crippen molar-refractivity contribution in [3.8, 4) is 11.4 Å². The van der Waals surface area contributed by atoms with Crippen LogP contribution in [0.5, 0.6) is 0 Å². The topological polar surface area (TPSA) is 203 Å². The van der Waals surface area contributed by atoms with Gasteiger partial charge < -0.3 is 33.5 Å². The summed E-state index contributed by atoms with van der Waals surface area (Å²) >= 11 is 6.30. The molecule has 0 unspecified atom stereocenters. The molecule has 2 aliphatic rings. The van der Waals surface area contributed by atoms with Crippen LogP contribution in [0.4, 0.5) is 11.6 Å². The molecule has 19 nitrogen and oxygen atoms in total. The van der Waals surface area contributed by atoms with Gasteiger partial charge in [0.1, 0.15) is 11.6 Å². The number of aromatic nitrogens is 8. The molecule has 0 aliphatic carbocycles. The van der Waals surface area contributed by atoms with E-state index in [1.54, 1.807) is 6.08 Å². The molecule has 8 rings (SSSR count). The summed E-state index contributed by atoms with van der Waals surface area (Å²) in [6.07, 6.45) is 7.51. The molecule has 0 radical (unpaired) electrons. The van der Waals surface area contributed by atoms with Crippen LogP contribution >= 0.6 is 11.6 Å². The summed E-state index contributed by atoms with van der Waals surface area (Å²) in [7, 11) is 4.19. The van der Waals surface area contributed by atoms with Crippen LogP contribution in [0, 0.1) is 0 Å². The minimum atomic E-state index is -0.0249. The molecule has 380 valence electrons. The third kappa shape index (κ3) is 13.9. The van der Waals surface area contributed by atoms with Crippen molar-refractivity contribution in [1.29, 1.82) is 0 Å². The van der Waals surface area contributed by atoms with E-state index in [4.69, 9.17) is 51.4 Å². The number of aliphatic hydroxyl groups excluding tert-OH is 1. The summed E-state index contributed by atoms with van der Waals surface area (Å²) < 4.78 is 15.4. The van der Waals surface area contributed by atoms with Crippen LogP contribution in [0.15, 0.2) is 79.2 Å². The minimum absolute atomic E-state index is 0.0249. The quantitative estimate of drug-likeness (QED) is 0.0205. The smallest absolute Gasteiger partial charge is 0.226 e. The van der Waals surface area contributed by atoms with Crippen LogP contribution in [-0.2, 0) is 48.8 Å². The highest BCUT2D eigenvalue weighted by molar-refractivity contribution is 6.28. The number of unbranched alkanes of at least 4 members (excludes halogenated alkanes) is 2. The second-order valence-corrected chi connectivity index (χ2v) is 18.1. The van der Waals surface area contributed by atoms with Crippen molar-refractivity contribution in [2.75, 3.05) is 83.0 Å². The van der Waals surface area contributed by atoms with Gasteiger partial charge in [0.05, 0.1) is 51.8 Å². The summed E-state index contributed by atoms with van der Waals surface area (Å²) in [4.78, 5) is 37.9. The van der Waals surface area contributed by atoms with E-state index in [9.17, 15) is 5.11 Å². The summed E-state index contributed by atoms with van der Waals surface area (Å²) in [5.74, 6) is 4.16.